The fourth-order valence-corrected chi connectivity index (χ4v) is 3.93. The molecule has 134 valence electrons. The Morgan fingerprint density at radius 2 is 1.92 bits per heavy atom. The molecule has 1 atom stereocenters. The van der Waals surface area contributed by atoms with Gasteiger partial charge in [0.25, 0.3) is 0 Å². The molecule has 1 N–H and O–H groups in total. The summed E-state index contributed by atoms with van der Waals surface area (Å²) in [6, 6.07) is 14.8. The second kappa shape index (κ2) is 7.32. The molecule has 3 nitrogen and oxygen atoms in total. The van der Waals surface area contributed by atoms with Crippen LogP contribution in [-0.2, 0) is 11.2 Å². The highest BCUT2D eigenvalue weighted by atomic mass is 19.1. The van der Waals surface area contributed by atoms with Crippen LogP contribution in [0.15, 0.2) is 54.7 Å². The van der Waals surface area contributed by atoms with Crippen molar-refractivity contribution in [1.29, 1.82) is 0 Å². The largest absolute Gasteiger partial charge is 0.361 e. The number of halogens is 1. The maximum atomic E-state index is 13.2. The lowest BCUT2D eigenvalue weighted by Gasteiger charge is -2.25. The smallest absolute Gasteiger partial charge is 0.227 e. The molecular formula is C22H23FN2O. The molecule has 0 spiro atoms. The molecule has 4 rings (SSSR count). The zero-order chi connectivity index (χ0) is 17.9. The van der Waals surface area contributed by atoms with Gasteiger partial charge in [0.05, 0.1) is 6.42 Å². The van der Waals surface area contributed by atoms with Gasteiger partial charge in [0.2, 0.25) is 5.91 Å². The minimum atomic E-state index is -0.213. The number of rotatable bonds is 3. The van der Waals surface area contributed by atoms with E-state index in [4.69, 9.17) is 0 Å². The van der Waals surface area contributed by atoms with Crippen molar-refractivity contribution in [3.63, 3.8) is 0 Å². The van der Waals surface area contributed by atoms with Crippen molar-refractivity contribution in [2.24, 2.45) is 0 Å². The highest BCUT2D eigenvalue weighted by Gasteiger charge is 2.23. The van der Waals surface area contributed by atoms with E-state index >= 15 is 0 Å². The average molecular weight is 350 g/mol. The van der Waals surface area contributed by atoms with E-state index in [1.165, 1.54) is 12.1 Å². The highest BCUT2D eigenvalue weighted by molar-refractivity contribution is 5.88. The summed E-state index contributed by atoms with van der Waals surface area (Å²) in [4.78, 5) is 18.2. The summed E-state index contributed by atoms with van der Waals surface area (Å²) in [6.45, 7) is 1.52. The molecule has 1 saturated heterocycles. The zero-order valence-corrected chi connectivity index (χ0v) is 14.7. The Morgan fingerprint density at radius 1 is 1.12 bits per heavy atom. The predicted molar refractivity (Wildman–Crippen MR) is 102 cm³/mol. The van der Waals surface area contributed by atoms with E-state index in [1.807, 2.05) is 41.4 Å². The minimum absolute atomic E-state index is 0.170. The normalized spacial score (nSPS) is 18.0. The highest BCUT2D eigenvalue weighted by Crippen LogP contribution is 2.27. The van der Waals surface area contributed by atoms with Crippen molar-refractivity contribution in [3.05, 3.63) is 71.7 Å². The first kappa shape index (κ1) is 16.8. The molecule has 1 aliphatic heterocycles. The van der Waals surface area contributed by atoms with Crippen molar-refractivity contribution in [2.75, 3.05) is 13.1 Å². The summed E-state index contributed by atoms with van der Waals surface area (Å²) in [5, 5.41) is 1.12. The molecule has 1 aliphatic rings. The van der Waals surface area contributed by atoms with Gasteiger partial charge >= 0.3 is 0 Å². The zero-order valence-electron chi connectivity index (χ0n) is 14.7. The Bertz CT molecular complexity index is 900. The third-order valence-corrected chi connectivity index (χ3v) is 5.38. The summed E-state index contributed by atoms with van der Waals surface area (Å²) in [5.41, 5.74) is 3.24. The van der Waals surface area contributed by atoms with Crippen LogP contribution in [0.25, 0.3) is 10.9 Å². The number of nitrogens with zero attached hydrogens (tertiary/aromatic N) is 1. The third-order valence-electron chi connectivity index (χ3n) is 5.38. The molecule has 4 heteroatoms. The van der Waals surface area contributed by atoms with Gasteiger partial charge in [0.15, 0.2) is 0 Å². The Balaban J connectivity index is 1.50. The number of carbonyl (C=O) groups excluding carboxylic acids is 1. The first-order valence-electron chi connectivity index (χ1n) is 9.29. The van der Waals surface area contributed by atoms with Crippen LogP contribution in [0.1, 0.15) is 36.3 Å². The first-order chi connectivity index (χ1) is 12.7. The lowest BCUT2D eigenvalue weighted by molar-refractivity contribution is -0.130. The van der Waals surface area contributed by atoms with Crippen LogP contribution in [0.4, 0.5) is 4.39 Å². The molecule has 1 fully saturated rings. The molecule has 26 heavy (non-hydrogen) atoms. The molecule has 1 unspecified atom stereocenters. The number of likely N-dealkylation sites (tertiary alicyclic amines) is 1. The van der Waals surface area contributed by atoms with E-state index in [0.29, 0.717) is 13.0 Å². The summed E-state index contributed by atoms with van der Waals surface area (Å²) in [7, 11) is 0. The van der Waals surface area contributed by atoms with Crippen LogP contribution in [0.5, 0.6) is 0 Å². The van der Waals surface area contributed by atoms with Gasteiger partial charge in [0.1, 0.15) is 5.82 Å². The molecule has 0 bridgehead atoms. The fraction of sp³-hybridized carbons (Fsp3) is 0.318. The topological polar surface area (TPSA) is 36.1 Å². The van der Waals surface area contributed by atoms with Crippen molar-refractivity contribution < 1.29 is 9.18 Å². The lowest BCUT2D eigenvalue weighted by Crippen LogP contribution is -2.35. The summed E-state index contributed by atoms with van der Waals surface area (Å²) < 4.78 is 13.2. The molecule has 0 radical (unpaired) electrons. The standard InChI is InChI=1S/C22H23FN2O/c23-19-10-8-16(9-11-19)17-5-3-4-12-25(15-17)22(26)13-18-14-24-21-7-2-1-6-20(18)21/h1-2,6-11,14,17,24H,3-5,12-13,15H2. The van der Waals surface area contributed by atoms with Gasteiger partial charge in [-0.1, -0.05) is 36.8 Å². The number of nitrogens with one attached hydrogen (secondary N) is 1. The number of para-hydroxylation sites is 1. The van der Waals surface area contributed by atoms with Crippen LogP contribution < -0.4 is 0 Å². The van der Waals surface area contributed by atoms with Crippen LogP contribution >= 0.6 is 0 Å². The van der Waals surface area contributed by atoms with E-state index in [1.54, 1.807) is 0 Å². The van der Waals surface area contributed by atoms with Gasteiger partial charge < -0.3 is 9.88 Å². The van der Waals surface area contributed by atoms with Gasteiger partial charge in [-0.05, 0) is 42.2 Å². The third kappa shape index (κ3) is 3.50. The maximum absolute atomic E-state index is 13.2. The van der Waals surface area contributed by atoms with Crippen molar-refractivity contribution in [1.82, 2.24) is 9.88 Å². The number of fused-ring (bicyclic) bond motifs is 1. The molecule has 2 heterocycles. The summed E-state index contributed by atoms with van der Waals surface area (Å²) in [5.74, 6) is 0.239. The molecule has 0 saturated carbocycles. The second-order valence-electron chi connectivity index (χ2n) is 7.12. The van der Waals surface area contributed by atoms with E-state index < -0.39 is 0 Å². The SMILES string of the molecule is O=C(Cc1c[nH]c2ccccc12)N1CCCCC(c2ccc(F)cc2)C1. The molecule has 0 aliphatic carbocycles. The van der Waals surface area contributed by atoms with Gasteiger partial charge in [-0.3, -0.25) is 4.79 Å². The Labute approximate surface area is 152 Å². The molecule has 1 aromatic heterocycles. The number of benzene rings is 2. The number of hydrogen-bond donors (Lipinski definition) is 1. The molecule has 1 amide bonds. The number of hydrogen-bond acceptors (Lipinski definition) is 1. The van der Waals surface area contributed by atoms with E-state index in [9.17, 15) is 9.18 Å². The summed E-state index contributed by atoms with van der Waals surface area (Å²) >= 11 is 0. The van der Waals surface area contributed by atoms with Crippen LogP contribution in [0.2, 0.25) is 0 Å². The monoisotopic (exact) mass is 350 g/mol. The number of H-pyrrole nitrogens is 1. The lowest BCUT2D eigenvalue weighted by atomic mass is 9.94. The Morgan fingerprint density at radius 3 is 2.77 bits per heavy atom. The van der Waals surface area contributed by atoms with Crippen molar-refractivity contribution in [2.45, 2.75) is 31.6 Å². The van der Waals surface area contributed by atoms with Gasteiger partial charge in [0, 0.05) is 36.1 Å². The Kier molecular flexibility index (Phi) is 4.74. The predicted octanol–water partition coefficient (Wildman–Crippen LogP) is 4.65. The van der Waals surface area contributed by atoms with Crippen molar-refractivity contribution >= 4 is 16.8 Å². The van der Waals surface area contributed by atoms with Crippen molar-refractivity contribution in [3.8, 4) is 0 Å². The molecule has 3 aromatic rings. The van der Waals surface area contributed by atoms with Gasteiger partial charge in [-0.2, -0.15) is 0 Å². The number of amides is 1. The average Bonchev–Trinajstić information content (AvgIpc) is 2.89. The number of aromatic amines is 1. The maximum Gasteiger partial charge on any atom is 0.227 e. The number of aromatic nitrogens is 1. The minimum Gasteiger partial charge on any atom is -0.361 e. The van der Waals surface area contributed by atoms with E-state index in [0.717, 1.165) is 47.8 Å². The van der Waals surface area contributed by atoms with E-state index in [2.05, 4.69) is 11.1 Å². The first-order valence-corrected chi connectivity index (χ1v) is 9.29. The van der Waals surface area contributed by atoms with Gasteiger partial charge in [-0.25, -0.2) is 4.39 Å². The van der Waals surface area contributed by atoms with E-state index in [-0.39, 0.29) is 17.6 Å². The second-order valence-corrected chi connectivity index (χ2v) is 7.12. The Hall–Kier alpha value is -2.62. The van der Waals surface area contributed by atoms with Crippen LogP contribution in [0, 0.1) is 5.82 Å². The fourth-order valence-electron chi connectivity index (χ4n) is 3.93. The number of carbonyl (C=O) groups is 1. The molecule has 2 aromatic carbocycles. The summed E-state index contributed by atoms with van der Waals surface area (Å²) in [6.07, 6.45) is 5.52. The van der Waals surface area contributed by atoms with Crippen LogP contribution in [0.3, 0.4) is 0 Å². The van der Waals surface area contributed by atoms with Crippen LogP contribution in [-0.4, -0.2) is 28.9 Å². The van der Waals surface area contributed by atoms with Gasteiger partial charge in [-0.15, -0.1) is 0 Å². The quantitative estimate of drug-likeness (QED) is 0.733. The molecular weight excluding hydrogens is 327 g/mol.